The number of allylic oxidation sites excluding steroid dienone is 3. The average molecular weight is 430 g/mol. The number of rotatable bonds is 3. The predicted octanol–water partition coefficient (Wildman–Crippen LogP) is 2.05. The lowest BCUT2D eigenvalue weighted by molar-refractivity contribution is -0.169. The van der Waals surface area contributed by atoms with E-state index in [-0.39, 0.29) is 42.0 Å². The summed E-state index contributed by atoms with van der Waals surface area (Å²) in [5.74, 6) is -2.17. The monoisotopic (exact) mass is 430 g/mol. The SMILES string of the molecule is CC(=O)OC1=C(C)[C@@]2(C)C(=CC1=O)CC[C@@H]1[C@@H]2C(=O)C[C@@]2(C)[C@H]1CC[C@]2(O)C(=O)CO. The van der Waals surface area contributed by atoms with Gasteiger partial charge in [-0.3, -0.25) is 19.2 Å². The van der Waals surface area contributed by atoms with Crippen LogP contribution in [0.5, 0.6) is 0 Å². The standard InChI is InChI=1S/C24H30O7/c1-12-21(31-13(2)26)17(27)9-14-5-6-15-16-7-8-24(30,19(29)11-25)22(16,3)10-18(28)20(15)23(12,14)4/h9,15-16,20,25,30H,5-8,10-11H2,1-4H3/t15-,16-,20+,22-,23-,24-/m0/s1. The molecule has 31 heavy (non-hydrogen) atoms. The zero-order valence-corrected chi connectivity index (χ0v) is 18.5. The molecule has 0 radical (unpaired) electrons. The third kappa shape index (κ3) is 2.72. The van der Waals surface area contributed by atoms with Gasteiger partial charge in [-0.05, 0) is 56.1 Å². The second kappa shape index (κ2) is 6.94. The smallest absolute Gasteiger partial charge is 0.308 e. The lowest BCUT2D eigenvalue weighted by atomic mass is 9.45. The van der Waals surface area contributed by atoms with E-state index in [4.69, 9.17) is 4.74 Å². The van der Waals surface area contributed by atoms with Gasteiger partial charge in [-0.1, -0.05) is 19.4 Å². The molecule has 0 aromatic carbocycles. The number of hydrogen-bond acceptors (Lipinski definition) is 7. The number of aliphatic hydroxyl groups is 2. The molecule has 7 heteroatoms. The normalized spacial score (nSPS) is 41.9. The Labute approximate surface area is 181 Å². The van der Waals surface area contributed by atoms with Gasteiger partial charge in [0, 0.05) is 30.1 Å². The largest absolute Gasteiger partial charge is 0.423 e. The molecule has 3 fully saturated rings. The number of ether oxygens (including phenoxy) is 1. The predicted molar refractivity (Wildman–Crippen MR) is 109 cm³/mol. The van der Waals surface area contributed by atoms with Crippen molar-refractivity contribution < 1.29 is 34.1 Å². The first-order chi connectivity index (χ1) is 14.4. The van der Waals surface area contributed by atoms with Crippen LogP contribution in [-0.2, 0) is 23.9 Å². The summed E-state index contributed by atoms with van der Waals surface area (Å²) in [6.45, 7) is 6.00. The van der Waals surface area contributed by atoms with E-state index in [9.17, 15) is 29.4 Å². The van der Waals surface area contributed by atoms with Crippen molar-refractivity contribution in [1.29, 1.82) is 0 Å². The average Bonchev–Trinajstić information content (AvgIpc) is 2.97. The summed E-state index contributed by atoms with van der Waals surface area (Å²) in [5.41, 5.74) is -1.91. The number of aliphatic hydroxyl groups excluding tert-OH is 1. The van der Waals surface area contributed by atoms with Crippen molar-refractivity contribution in [2.75, 3.05) is 6.61 Å². The molecule has 4 aliphatic carbocycles. The zero-order chi connectivity index (χ0) is 22.9. The lowest BCUT2D eigenvalue weighted by Gasteiger charge is -2.57. The first-order valence-electron chi connectivity index (χ1n) is 11.0. The second-order valence-corrected chi connectivity index (χ2v) is 10.1. The van der Waals surface area contributed by atoms with Crippen molar-refractivity contribution in [2.45, 2.75) is 65.4 Å². The van der Waals surface area contributed by atoms with Crippen LogP contribution in [0.25, 0.3) is 0 Å². The van der Waals surface area contributed by atoms with Crippen LogP contribution >= 0.6 is 0 Å². The molecule has 4 rings (SSSR count). The van der Waals surface area contributed by atoms with Gasteiger partial charge in [0.2, 0.25) is 5.78 Å². The van der Waals surface area contributed by atoms with Gasteiger partial charge in [0.05, 0.1) is 0 Å². The van der Waals surface area contributed by atoms with Gasteiger partial charge in [0.1, 0.15) is 18.0 Å². The highest BCUT2D eigenvalue weighted by Gasteiger charge is 2.68. The van der Waals surface area contributed by atoms with Crippen LogP contribution in [0.1, 0.15) is 59.8 Å². The molecule has 0 saturated heterocycles. The van der Waals surface area contributed by atoms with Crippen molar-refractivity contribution in [2.24, 2.45) is 28.6 Å². The van der Waals surface area contributed by atoms with E-state index in [2.05, 4.69) is 0 Å². The topological polar surface area (TPSA) is 118 Å². The highest BCUT2D eigenvalue weighted by molar-refractivity contribution is 6.07. The fraction of sp³-hybridized carbons (Fsp3) is 0.667. The molecule has 0 aliphatic heterocycles. The quantitative estimate of drug-likeness (QED) is 0.658. The van der Waals surface area contributed by atoms with E-state index in [1.165, 1.54) is 13.0 Å². The summed E-state index contributed by atoms with van der Waals surface area (Å²) in [6, 6.07) is 0. The van der Waals surface area contributed by atoms with Crippen molar-refractivity contribution >= 4 is 23.3 Å². The summed E-state index contributed by atoms with van der Waals surface area (Å²) >= 11 is 0. The molecular formula is C24H30O7. The first kappa shape index (κ1) is 22.1. The second-order valence-electron chi connectivity index (χ2n) is 10.1. The lowest BCUT2D eigenvalue weighted by Crippen LogP contribution is -2.61. The Morgan fingerprint density at radius 1 is 1.23 bits per heavy atom. The van der Waals surface area contributed by atoms with Crippen LogP contribution in [0.4, 0.5) is 0 Å². The summed E-state index contributed by atoms with van der Waals surface area (Å²) < 4.78 is 5.25. The Bertz CT molecular complexity index is 959. The molecule has 0 heterocycles. The van der Waals surface area contributed by atoms with Gasteiger partial charge in [0.25, 0.3) is 0 Å². The van der Waals surface area contributed by atoms with Gasteiger partial charge in [-0.2, -0.15) is 0 Å². The number of hydrogen-bond donors (Lipinski definition) is 2. The summed E-state index contributed by atoms with van der Waals surface area (Å²) in [4.78, 5) is 50.3. The van der Waals surface area contributed by atoms with E-state index in [0.29, 0.717) is 24.8 Å². The maximum absolute atomic E-state index is 13.7. The summed E-state index contributed by atoms with van der Waals surface area (Å²) in [5, 5.41) is 20.7. The highest BCUT2D eigenvalue weighted by Crippen LogP contribution is 2.67. The molecule has 168 valence electrons. The zero-order valence-electron chi connectivity index (χ0n) is 18.5. The van der Waals surface area contributed by atoms with Crippen molar-refractivity contribution in [3.05, 3.63) is 23.0 Å². The number of Topliss-reactive ketones (excluding diaryl/α,β-unsaturated/α-hetero) is 2. The van der Waals surface area contributed by atoms with Gasteiger partial charge in [0.15, 0.2) is 11.5 Å². The maximum atomic E-state index is 13.7. The number of carbonyl (C=O) groups is 4. The first-order valence-corrected chi connectivity index (χ1v) is 11.0. The van der Waals surface area contributed by atoms with E-state index in [1.807, 2.05) is 6.92 Å². The number of fused-ring (bicyclic) bond motifs is 5. The molecule has 6 atom stereocenters. The number of ketones is 3. The molecule has 0 aromatic rings. The summed E-state index contributed by atoms with van der Waals surface area (Å²) in [7, 11) is 0. The molecule has 0 unspecified atom stereocenters. The molecule has 3 saturated carbocycles. The van der Waals surface area contributed by atoms with Crippen LogP contribution in [0.15, 0.2) is 23.0 Å². The van der Waals surface area contributed by atoms with Crippen LogP contribution in [0.2, 0.25) is 0 Å². The third-order valence-corrected chi connectivity index (χ3v) is 8.95. The fourth-order valence-electron chi connectivity index (χ4n) is 7.28. The highest BCUT2D eigenvalue weighted by atomic mass is 16.5. The molecule has 0 aromatic heterocycles. The molecule has 0 amide bonds. The van der Waals surface area contributed by atoms with Gasteiger partial charge < -0.3 is 14.9 Å². The van der Waals surface area contributed by atoms with Gasteiger partial charge in [-0.15, -0.1) is 0 Å². The van der Waals surface area contributed by atoms with E-state index in [1.54, 1.807) is 13.8 Å². The fourth-order valence-corrected chi connectivity index (χ4v) is 7.28. The molecule has 0 bridgehead atoms. The van der Waals surface area contributed by atoms with E-state index < -0.39 is 40.7 Å². The van der Waals surface area contributed by atoms with E-state index >= 15 is 0 Å². The van der Waals surface area contributed by atoms with Crippen LogP contribution in [0, 0.1) is 28.6 Å². The maximum Gasteiger partial charge on any atom is 0.308 e. The van der Waals surface area contributed by atoms with Crippen molar-refractivity contribution in [3.8, 4) is 0 Å². The minimum atomic E-state index is -1.71. The minimum Gasteiger partial charge on any atom is -0.423 e. The molecule has 4 aliphatic rings. The Morgan fingerprint density at radius 3 is 2.52 bits per heavy atom. The Balaban J connectivity index is 1.80. The number of esters is 1. The van der Waals surface area contributed by atoms with Gasteiger partial charge >= 0.3 is 5.97 Å². The Hall–Kier alpha value is -2.12. The van der Waals surface area contributed by atoms with Crippen molar-refractivity contribution in [1.82, 2.24) is 0 Å². The third-order valence-electron chi connectivity index (χ3n) is 8.95. The summed E-state index contributed by atoms with van der Waals surface area (Å²) in [6.07, 6.45) is 3.69. The Kier molecular flexibility index (Phi) is 4.94. The van der Waals surface area contributed by atoms with Crippen molar-refractivity contribution in [3.63, 3.8) is 0 Å². The minimum absolute atomic E-state index is 0.001000. The Morgan fingerprint density at radius 2 is 1.90 bits per heavy atom. The molecule has 2 N–H and O–H groups in total. The van der Waals surface area contributed by atoms with Crippen LogP contribution < -0.4 is 0 Å². The van der Waals surface area contributed by atoms with Crippen LogP contribution in [-0.4, -0.2) is 45.7 Å². The van der Waals surface area contributed by atoms with Crippen LogP contribution in [0.3, 0.4) is 0 Å². The molecular weight excluding hydrogens is 400 g/mol. The van der Waals surface area contributed by atoms with E-state index in [0.717, 1.165) is 5.57 Å². The molecule has 7 nitrogen and oxygen atoms in total. The number of carbonyl (C=O) groups excluding carboxylic acids is 4. The molecule has 0 spiro atoms. The van der Waals surface area contributed by atoms with Gasteiger partial charge in [-0.25, -0.2) is 0 Å².